The molecule has 0 atom stereocenters. The predicted octanol–water partition coefficient (Wildman–Crippen LogP) is 4.69. The van der Waals surface area contributed by atoms with E-state index in [2.05, 4.69) is 0 Å². The Labute approximate surface area is 138 Å². The third-order valence-corrected chi connectivity index (χ3v) is 4.77. The molecular formula is C15H16Cl2N2OS. The van der Waals surface area contributed by atoms with Gasteiger partial charge in [0.15, 0.2) is 0 Å². The van der Waals surface area contributed by atoms with Crippen LogP contribution in [0.5, 0.6) is 0 Å². The summed E-state index contributed by atoms with van der Waals surface area (Å²) >= 11 is 13.3. The van der Waals surface area contributed by atoms with Crippen molar-refractivity contribution in [2.45, 2.75) is 26.4 Å². The molecule has 0 aliphatic rings. The minimum absolute atomic E-state index is 0.0495. The van der Waals surface area contributed by atoms with Gasteiger partial charge in [0.25, 0.3) is 5.91 Å². The number of anilines is 1. The van der Waals surface area contributed by atoms with Crippen LogP contribution in [-0.2, 0) is 6.54 Å². The first-order chi connectivity index (χ1) is 9.90. The summed E-state index contributed by atoms with van der Waals surface area (Å²) in [5, 5.41) is 2.81. The summed E-state index contributed by atoms with van der Waals surface area (Å²) in [4.78, 5) is 15.0. The van der Waals surface area contributed by atoms with Crippen molar-refractivity contribution >= 4 is 46.1 Å². The van der Waals surface area contributed by atoms with E-state index in [-0.39, 0.29) is 11.9 Å². The predicted molar refractivity (Wildman–Crippen MR) is 90.2 cm³/mol. The van der Waals surface area contributed by atoms with Crippen molar-refractivity contribution in [1.82, 2.24) is 4.90 Å². The van der Waals surface area contributed by atoms with Gasteiger partial charge in [0.2, 0.25) is 0 Å². The van der Waals surface area contributed by atoms with Crippen molar-refractivity contribution in [2.24, 2.45) is 0 Å². The number of nitrogen functional groups attached to an aromatic ring is 1. The van der Waals surface area contributed by atoms with Gasteiger partial charge >= 0.3 is 0 Å². The summed E-state index contributed by atoms with van der Waals surface area (Å²) < 4.78 is 0. The van der Waals surface area contributed by atoms with Crippen LogP contribution in [0.3, 0.4) is 0 Å². The molecule has 2 aromatic rings. The maximum absolute atomic E-state index is 12.6. The van der Waals surface area contributed by atoms with Gasteiger partial charge in [0.05, 0.1) is 15.7 Å². The lowest BCUT2D eigenvalue weighted by molar-refractivity contribution is 0.0696. The second-order valence-corrected chi connectivity index (χ2v) is 6.71. The van der Waals surface area contributed by atoms with Gasteiger partial charge in [-0.15, -0.1) is 11.3 Å². The molecule has 0 unspecified atom stereocenters. The number of halogens is 2. The van der Waals surface area contributed by atoms with Crippen LogP contribution in [0.4, 0.5) is 5.69 Å². The average Bonchev–Trinajstić information content (AvgIpc) is 2.85. The van der Waals surface area contributed by atoms with Gasteiger partial charge < -0.3 is 10.6 Å². The number of nitrogens with zero attached hydrogens (tertiary/aromatic N) is 1. The summed E-state index contributed by atoms with van der Waals surface area (Å²) in [6, 6.07) is 7.18. The van der Waals surface area contributed by atoms with E-state index in [1.54, 1.807) is 23.1 Å². The molecule has 0 aliphatic heterocycles. The zero-order valence-corrected chi connectivity index (χ0v) is 14.1. The van der Waals surface area contributed by atoms with Gasteiger partial charge in [-0.25, -0.2) is 0 Å². The first kappa shape index (κ1) is 16.1. The van der Waals surface area contributed by atoms with Gasteiger partial charge in [-0.3, -0.25) is 4.79 Å². The van der Waals surface area contributed by atoms with E-state index in [1.807, 2.05) is 25.3 Å². The molecular weight excluding hydrogens is 327 g/mol. The number of hydrogen-bond acceptors (Lipinski definition) is 3. The summed E-state index contributed by atoms with van der Waals surface area (Å²) in [5.41, 5.74) is 7.29. The third kappa shape index (κ3) is 3.70. The molecule has 0 spiro atoms. The maximum atomic E-state index is 12.6. The van der Waals surface area contributed by atoms with E-state index in [1.165, 1.54) is 11.3 Å². The van der Waals surface area contributed by atoms with E-state index in [9.17, 15) is 4.79 Å². The number of amides is 1. The Bertz CT molecular complexity index is 655. The van der Waals surface area contributed by atoms with E-state index < -0.39 is 0 Å². The minimum Gasteiger partial charge on any atom is -0.397 e. The molecule has 0 bridgehead atoms. The molecule has 0 fully saturated rings. The van der Waals surface area contributed by atoms with Crippen molar-refractivity contribution in [3.63, 3.8) is 0 Å². The molecule has 0 saturated heterocycles. The van der Waals surface area contributed by atoms with Crippen LogP contribution in [0.2, 0.25) is 10.0 Å². The van der Waals surface area contributed by atoms with Gasteiger partial charge in [0, 0.05) is 12.6 Å². The first-order valence-corrected chi connectivity index (χ1v) is 8.11. The van der Waals surface area contributed by atoms with E-state index in [0.717, 1.165) is 5.56 Å². The molecule has 0 saturated carbocycles. The van der Waals surface area contributed by atoms with Crippen LogP contribution < -0.4 is 5.73 Å². The van der Waals surface area contributed by atoms with Crippen molar-refractivity contribution in [1.29, 1.82) is 0 Å². The van der Waals surface area contributed by atoms with E-state index in [0.29, 0.717) is 27.2 Å². The maximum Gasteiger partial charge on any atom is 0.266 e. The lowest BCUT2D eigenvalue weighted by Crippen LogP contribution is -2.36. The Hall–Kier alpha value is -1.23. The fourth-order valence-electron chi connectivity index (χ4n) is 1.95. The van der Waals surface area contributed by atoms with Crippen LogP contribution in [0.15, 0.2) is 29.6 Å². The van der Waals surface area contributed by atoms with Crippen molar-refractivity contribution < 1.29 is 4.79 Å². The van der Waals surface area contributed by atoms with Gasteiger partial charge in [-0.1, -0.05) is 29.3 Å². The zero-order valence-electron chi connectivity index (χ0n) is 11.8. The highest BCUT2D eigenvalue weighted by Crippen LogP contribution is 2.26. The molecule has 112 valence electrons. The van der Waals surface area contributed by atoms with Crippen LogP contribution in [0.25, 0.3) is 0 Å². The normalized spacial score (nSPS) is 10.9. The first-order valence-electron chi connectivity index (χ1n) is 6.48. The molecule has 1 heterocycles. The van der Waals surface area contributed by atoms with Crippen molar-refractivity contribution in [3.8, 4) is 0 Å². The number of hydrogen-bond donors (Lipinski definition) is 1. The fourth-order valence-corrected chi connectivity index (χ4v) is 3.04. The monoisotopic (exact) mass is 342 g/mol. The van der Waals surface area contributed by atoms with Crippen LogP contribution in [0.1, 0.15) is 29.1 Å². The lowest BCUT2D eigenvalue weighted by atomic mass is 10.1. The average molecular weight is 343 g/mol. The molecule has 3 nitrogen and oxygen atoms in total. The molecule has 1 aromatic heterocycles. The van der Waals surface area contributed by atoms with Crippen LogP contribution in [-0.4, -0.2) is 16.8 Å². The molecule has 21 heavy (non-hydrogen) atoms. The number of nitrogens with two attached hydrogens (primary N) is 1. The van der Waals surface area contributed by atoms with E-state index >= 15 is 0 Å². The summed E-state index contributed by atoms with van der Waals surface area (Å²) in [7, 11) is 0. The quantitative estimate of drug-likeness (QED) is 0.875. The Kier molecular flexibility index (Phi) is 5.14. The number of benzene rings is 1. The van der Waals surface area contributed by atoms with Crippen molar-refractivity contribution in [2.75, 3.05) is 5.73 Å². The van der Waals surface area contributed by atoms with Gasteiger partial charge in [-0.2, -0.15) is 0 Å². The number of thiophene rings is 1. The molecule has 1 amide bonds. The Balaban J connectivity index is 2.25. The number of carbonyl (C=O) groups excluding carboxylic acids is 1. The lowest BCUT2D eigenvalue weighted by Gasteiger charge is -2.26. The Morgan fingerprint density at radius 2 is 2.00 bits per heavy atom. The second kappa shape index (κ2) is 6.69. The Morgan fingerprint density at radius 1 is 1.29 bits per heavy atom. The fraction of sp³-hybridized carbons (Fsp3) is 0.267. The summed E-state index contributed by atoms with van der Waals surface area (Å²) in [6.45, 7) is 4.41. The zero-order chi connectivity index (χ0) is 15.6. The van der Waals surface area contributed by atoms with Gasteiger partial charge in [-0.05, 0) is 43.0 Å². The standard InChI is InChI=1S/C15H16Cl2N2OS/c1-9(2)19(15(20)14-13(18)5-6-21-14)8-10-3-4-11(16)12(17)7-10/h3-7,9H,8,18H2,1-2H3. The van der Waals surface area contributed by atoms with Crippen LogP contribution in [0, 0.1) is 0 Å². The highest BCUT2D eigenvalue weighted by atomic mass is 35.5. The number of carbonyl (C=O) groups is 1. The van der Waals surface area contributed by atoms with Crippen molar-refractivity contribution in [3.05, 3.63) is 50.1 Å². The SMILES string of the molecule is CC(C)N(Cc1ccc(Cl)c(Cl)c1)C(=O)c1sccc1N. The van der Waals surface area contributed by atoms with Gasteiger partial charge in [0.1, 0.15) is 4.88 Å². The molecule has 1 aromatic carbocycles. The largest absolute Gasteiger partial charge is 0.397 e. The summed E-state index contributed by atoms with van der Waals surface area (Å²) in [6.07, 6.45) is 0. The number of rotatable bonds is 4. The smallest absolute Gasteiger partial charge is 0.266 e. The molecule has 0 aliphatic carbocycles. The summed E-state index contributed by atoms with van der Waals surface area (Å²) in [5.74, 6) is -0.0661. The topological polar surface area (TPSA) is 46.3 Å². The molecule has 6 heteroatoms. The van der Waals surface area contributed by atoms with E-state index in [4.69, 9.17) is 28.9 Å². The highest BCUT2D eigenvalue weighted by Gasteiger charge is 2.22. The minimum atomic E-state index is -0.0661. The molecule has 2 rings (SSSR count). The highest BCUT2D eigenvalue weighted by molar-refractivity contribution is 7.12. The third-order valence-electron chi connectivity index (χ3n) is 3.11. The molecule has 2 N–H and O–H groups in total. The molecule has 0 radical (unpaired) electrons. The Morgan fingerprint density at radius 3 is 2.52 bits per heavy atom. The second-order valence-electron chi connectivity index (χ2n) is 4.98. The van der Waals surface area contributed by atoms with Crippen LogP contribution >= 0.6 is 34.5 Å².